The van der Waals surface area contributed by atoms with Crippen LogP contribution in [0.4, 0.5) is 0 Å². The molecule has 1 aliphatic rings. The SMILES string of the molecule is CCCCS(=O)(=O)Oc1ccc(-c2sc3cc(OS(=O)(=O)CCCC)ccc3c2Cc2ccc(OCCN3CCCCC3)cc2)cc1.Cl. The number of piperidine rings is 1. The van der Waals surface area contributed by atoms with E-state index in [1.807, 2.05) is 44.2 Å². The molecule has 0 amide bonds. The number of likely N-dealkylation sites (tertiary alicyclic amines) is 1. The fourth-order valence-electron chi connectivity index (χ4n) is 5.65. The normalized spacial score (nSPS) is 14.0. The molecule has 48 heavy (non-hydrogen) atoms. The number of unbranched alkanes of at least 4 members (excludes halogenated alkanes) is 2. The highest BCUT2D eigenvalue weighted by molar-refractivity contribution is 7.87. The number of hydrogen-bond donors (Lipinski definition) is 0. The van der Waals surface area contributed by atoms with Crippen LogP contribution < -0.4 is 13.1 Å². The number of benzene rings is 3. The number of thiophene rings is 1. The molecule has 0 atom stereocenters. The van der Waals surface area contributed by atoms with Crippen molar-refractivity contribution < 1.29 is 29.9 Å². The summed E-state index contributed by atoms with van der Waals surface area (Å²) in [6, 6.07) is 20.7. The summed E-state index contributed by atoms with van der Waals surface area (Å²) >= 11 is 1.55. The lowest BCUT2D eigenvalue weighted by Gasteiger charge is -2.26. The van der Waals surface area contributed by atoms with Crippen molar-refractivity contribution in [2.75, 3.05) is 37.7 Å². The van der Waals surface area contributed by atoms with Gasteiger partial charge in [0.1, 0.15) is 23.9 Å². The third kappa shape index (κ3) is 10.8. The molecule has 4 aromatic rings. The molecule has 0 saturated carbocycles. The average Bonchev–Trinajstić information content (AvgIpc) is 3.41. The first-order valence-electron chi connectivity index (χ1n) is 16.6. The Kier molecular flexibility index (Phi) is 14.0. The second-order valence-electron chi connectivity index (χ2n) is 12.1. The van der Waals surface area contributed by atoms with Crippen LogP contribution in [0.1, 0.15) is 69.9 Å². The third-order valence-electron chi connectivity index (χ3n) is 8.25. The number of rotatable bonds is 17. The van der Waals surface area contributed by atoms with Gasteiger partial charge in [0.15, 0.2) is 0 Å². The molecule has 2 heterocycles. The molecule has 1 fully saturated rings. The van der Waals surface area contributed by atoms with Crippen LogP contribution in [-0.2, 0) is 26.7 Å². The molecule has 1 aliphatic heterocycles. The minimum absolute atomic E-state index is 0. The zero-order valence-corrected chi connectivity index (χ0v) is 31.0. The van der Waals surface area contributed by atoms with Crippen LogP contribution in [0.25, 0.3) is 20.5 Å². The van der Waals surface area contributed by atoms with Crippen LogP contribution in [-0.4, -0.2) is 59.5 Å². The minimum atomic E-state index is -3.69. The van der Waals surface area contributed by atoms with Crippen molar-refractivity contribution in [3.05, 3.63) is 77.9 Å². The van der Waals surface area contributed by atoms with Gasteiger partial charge < -0.3 is 13.1 Å². The first kappa shape index (κ1) is 38.0. The fraction of sp³-hybridized carbons (Fsp3) is 0.444. The van der Waals surface area contributed by atoms with E-state index in [1.165, 1.54) is 19.3 Å². The van der Waals surface area contributed by atoms with Crippen molar-refractivity contribution in [1.82, 2.24) is 4.90 Å². The van der Waals surface area contributed by atoms with Gasteiger partial charge in [0.05, 0.1) is 11.5 Å². The maximum absolute atomic E-state index is 12.5. The van der Waals surface area contributed by atoms with Gasteiger partial charge in [-0.15, -0.1) is 23.7 Å². The summed E-state index contributed by atoms with van der Waals surface area (Å²) in [6.45, 7) is 7.78. The molecule has 0 bridgehead atoms. The van der Waals surface area contributed by atoms with Crippen molar-refractivity contribution in [2.24, 2.45) is 0 Å². The van der Waals surface area contributed by atoms with E-state index >= 15 is 0 Å². The molecule has 8 nitrogen and oxygen atoms in total. The molecule has 0 spiro atoms. The predicted octanol–water partition coefficient (Wildman–Crippen LogP) is 8.46. The lowest BCUT2D eigenvalue weighted by atomic mass is 9.99. The summed E-state index contributed by atoms with van der Waals surface area (Å²) in [5.74, 6) is 1.36. The smallest absolute Gasteiger partial charge is 0.309 e. The molecule has 12 heteroatoms. The Bertz CT molecular complexity index is 1820. The van der Waals surface area contributed by atoms with Gasteiger partial charge in [0.25, 0.3) is 0 Å². The van der Waals surface area contributed by atoms with Gasteiger partial charge in [-0.25, -0.2) is 0 Å². The Morgan fingerprint density at radius 1 is 0.729 bits per heavy atom. The van der Waals surface area contributed by atoms with Gasteiger partial charge >= 0.3 is 20.2 Å². The van der Waals surface area contributed by atoms with Gasteiger partial charge in [-0.1, -0.05) is 45.2 Å². The summed E-state index contributed by atoms with van der Waals surface area (Å²) in [6.07, 6.45) is 7.10. The monoisotopic (exact) mass is 735 g/mol. The van der Waals surface area contributed by atoms with E-state index < -0.39 is 20.2 Å². The van der Waals surface area contributed by atoms with Gasteiger partial charge in [0, 0.05) is 16.1 Å². The fourth-order valence-corrected chi connectivity index (χ4v) is 9.16. The second-order valence-corrected chi connectivity index (χ2v) is 16.5. The van der Waals surface area contributed by atoms with E-state index in [2.05, 4.69) is 17.0 Å². The Balaban J connectivity index is 0.00000520. The van der Waals surface area contributed by atoms with Gasteiger partial charge in [0.2, 0.25) is 0 Å². The Morgan fingerprint density at radius 2 is 1.31 bits per heavy atom. The van der Waals surface area contributed by atoms with Crippen molar-refractivity contribution in [3.8, 4) is 27.7 Å². The number of halogens is 1. The van der Waals surface area contributed by atoms with E-state index in [4.69, 9.17) is 13.1 Å². The second kappa shape index (κ2) is 17.7. The minimum Gasteiger partial charge on any atom is -0.492 e. The Hall–Kier alpha value is -2.83. The Labute approximate surface area is 296 Å². The molecule has 1 saturated heterocycles. The van der Waals surface area contributed by atoms with E-state index in [-0.39, 0.29) is 29.7 Å². The van der Waals surface area contributed by atoms with Crippen LogP contribution >= 0.6 is 23.7 Å². The summed E-state index contributed by atoms with van der Waals surface area (Å²) in [4.78, 5) is 3.47. The molecule has 3 aromatic carbocycles. The van der Waals surface area contributed by atoms with Crippen molar-refractivity contribution in [2.45, 2.75) is 65.2 Å². The van der Waals surface area contributed by atoms with Crippen LogP contribution in [0.2, 0.25) is 0 Å². The van der Waals surface area contributed by atoms with E-state index in [0.717, 1.165) is 69.9 Å². The molecular weight excluding hydrogens is 690 g/mol. The van der Waals surface area contributed by atoms with E-state index in [9.17, 15) is 16.8 Å². The summed E-state index contributed by atoms with van der Waals surface area (Å²) in [7, 11) is -7.34. The highest BCUT2D eigenvalue weighted by atomic mass is 35.5. The van der Waals surface area contributed by atoms with Gasteiger partial charge in [-0.2, -0.15) is 16.8 Å². The van der Waals surface area contributed by atoms with E-state index in [0.29, 0.717) is 31.6 Å². The van der Waals surface area contributed by atoms with Gasteiger partial charge in [-0.3, -0.25) is 4.90 Å². The molecule has 1 aromatic heterocycles. The van der Waals surface area contributed by atoms with Crippen molar-refractivity contribution >= 4 is 54.1 Å². The third-order valence-corrected chi connectivity index (χ3v) is 12.0. The molecule has 262 valence electrons. The van der Waals surface area contributed by atoms with Gasteiger partial charge in [-0.05, 0) is 122 Å². The molecule has 0 N–H and O–H groups in total. The standard InChI is InChI=1S/C36H45NO7S3.ClH/c1-3-5-24-46(38,39)43-31-16-12-29(13-17-31)36-34(33-19-18-32(27-35(33)45-36)44-47(40,41)25-6-4-2)26-28-10-14-30(15-11-28)42-23-22-37-20-8-7-9-21-37;/h10-19,27H,3-9,20-26H2,1-2H3;1H. The largest absolute Gasteiger partial charge is 0.492 e. The van der Waals surface area contributed by atoms with Crippen molar-refractivity contribution in [1.29, 1.82) is 0 Å². The maximum atomic E-state index is 12.5. The van der Waals surface area contributed by atoms with Crippen LogP contribution in [0, 0.1) is 0 Å². The topological polar surface area (TPSA) is 99.2 Å². The number of nitrogens with zero attached hydrogens (tertiary/aromatic N) is 1. The summed E-state index contributed by atoms with van der Waals surface area (Å²) in [5, 5.41) is 1.01. The summed E-state index contributed by atoms with van der Waals surface area (Å²) < 4.78 is 67.4. The zero-order chi connectivity index (χ0) is 33.3. The molecule has 0 radical (unpaired) electrons. The highest BCUT2D eigenvalue weighted by Crippen LogP contribution is 2.42. The summed E-state index contributed by atoms with van der Waals surface area (Å²) in [5.41, 5.74) is 3.11. The molecule has 0 aliphatic carbocycles. The molecular formula is C36H46ClNO7S3. The van der Waals surface area contributed by atoms with E-state index in [1.54, 1.807) is 35.6 Å². The number of fused-ring (bicyclic) bond motifs is 1. The first-order chi connectivity index (χ1) is 22.6. The van der Waals surface area contributed by atoms with Crippen molar-refractivity contribution in [3.63, 3.8) is 0 Å². The zero-order valence-electron chi connectivity index (χ0n) is 27.7. The highest BCUT2D eigenvalue weighted by Gasteiger charge is 2.19. The van der Waals surface area contributed by atoms with Crippen LogP contribution in [0.15, 0.2) is 66.7 Å². The van der Waals surface area contributed by atoms with Crippen LogP contribution in [0.5, 0.6) is 17.2 Å². The Morgan fingerprint density at radius 3 is 1.94 bits per heavy atom. The number of hydrogen-bond acceptors (Lipinski definition) is 9. The lowest BCUT2D eigenvalue weighted by molar-refractivity contribution is 0.183. The predicted molar refractivity (Wildman–Crippen MR) is 198 cm³/mol. The molecule has 5 rings (SSSR count). The maximum Gasteiger partial charge on any atom is 0.309 e. The number of ether oxygens (including phenoxy) is 1. The first-order valence-corrected chi connectivity index (χ1v) is 20.6. The molecule has 0 unspecified atom stereocenters. The average molecular weight is 736 g/mol. The quantitative estimate of drug-likeness (QED) is 0.0997. The van der Waals surface area contributed by atoms with Crippen LogP contribution in [0.3, 0.4) is 0 Å². The lowest BCUT2D eigenvalue weighted by Crippen LogP contribution is -2.33.